The van der Waals surface area contributed by atoms with Gasteiger partial charge in [-0.2, -0.15) is 5.26 Å². The van der Waals surface area contributed by atoms with Crippen LogP contribution in [0.2, 0.25) is 0 Å². The van der Waals surface area contributed by atoms with Gasteiger partial charge in [-0.3, -0.25) is 4.79 Å². The number of aromatic nitrogens is 4. The highest BCUT2D eigenvalue weighted by atomic mass is 16.2. The Morgan fingerprint density at radius 3 is 2.54 bits per heavy atom. The van der Waals surface area contributed by atoms with E-state index in [1.165, 1.54) is 11.0 Å². The zero-order chi connectivity index (χ0) is 18.4. The summed E-state index contributed by atoms with van der Waals surface area (Å²) in [5.74, 6) is -0.169. The highest BCUT2D eigenvalue weighted by Crippen LogP contribution is 2.17. The van der Waals surface area contributed by atoms with Crippen LogP contribution < -0.4 is 5.32 Å². The van der Waals surface area contributed by atoms with Crippen molar-refractivity contribution in [1.29, 1.82) is 5.26 Å². The number of nitrogens with one attached hydrogen (secondary N) is 1. The van der Waals surface area contributed by atoms with Gasteiger partial charge in [-0.25, -0.2) is 4.68 Å². The fraction of sp³-hybridized carbons (Fsp3) is 0.211. The molecule has 0 saturated carbocycles. The number of hydrogen-bond donors (Lipinski definition) is 1. The number of carbonyl (C=O) groups excluding carboxylic acids is 1. The summed E-state index contributed by atoms with van der Waals surface area (Å²) in [6, 6.07) is 18.2. The largest absolute Gasteiger partial charge is 0.348 e. The number of nitriles is 1. The first-order chi connectivity index (χ1) is 12.7. The second-order valence-electron chi connectivity index (χ2n) is 5.96. The van der Waals surface area contributed by atoms with Crippen molar-refractivity contribution in [2.45, 2.75) is 25.4 Å². The van der Waals surface area contributed by atoms with Gasteiger partial charge >= 0.3 is 0 Å². The summed E-state index contributed by atoms with van der Waals surface area (Å²) >= 11 is 0. The Labute approximate surface area is 151 Å². The lowest BCUT2D eigenvalue weighted by atomic mass is 10.0. The van der Waals surface area contributed by atoms with E-state index in [2.05, 4.69) is 26.9 Å². The van der Waals surface area contributed by atoms with Gasteiger partial charge in [0.15, 0.2) is 0 Å². The van der Waals surface area contributed by atoms with Crippen LogP contribution in [-0.4, -0.2) is 26.1 Å². The standard InChI is InChI=1S/C19H18N6O/c1-14(17-9-7-16(12-20)8-10-17)22-19(26)18(25-13-21-23-24-25)11-15-5-3-2-4-6-15/h2-10,13-14,18H,11H2,1H3,(H,22,26). The quantitative estimate of drug-likeness (QED) is 0.738. The number of tetrazole rings is 1. The molecule has 0 saturated heterocycles. The minimum absolute atomic E-state index is 0.169. The smallest absolute Gasteiger partial charge is 0.245 e. The van der Waals surface area contributed by atoms with Crippen molar-refractivity contribution in [2.24, 2.45) is 0 Å². The lowest BCUT2D eigenvalue weighted by Crippen LogP contribution is -2.35. The van der Waals surface area contributed by atoms with Gasteiger partial charge in [-0.15, -0.1) is 5.10 Å². The molecule has 7 heteroatoms. The first-order valence-electron chi connectivity index (χ1n) is 8.24. The van der Waals surface area contributed by atoms with E-state index in [-0.39, 0.29) is 11.9 Å². The summed E-state index contributed by atoms with van der Waals surface area (Å²) in [7, 11) is 0. The molecule has 3 rings (SSSR count). The Balaban J connectivity index is 1.75. The SMILES string of the molecule is CC(NC(=O)C(Cc1ccccc1)n1cnnn1)c1ccc(C#N)cc1. The van der Waals surface area contributed by atoms with E-state index in [4.69, 9.17) is 5.26 Å². The van der Waals surface area contributed by atoms with Crippen LogP contribution in [0.5, 0.6) is 0 Å². The molecule has 2 unspecified atom stereocenters. The summed E-state index contributed by atoms with van der Waals surface area (Å²) < 4.78 is 1.47. The van der Waals surface area contributed by atoms with E-state index in [0.717, 1.165) is 11.1 Å². The summed E-state index contributed by atoms with van der Waals surface area (Å²) in [6.07, 6.45) is 1.93. The lowest BCUT2D eigenvalue weighted by Gasteiger charge is -2.20. The van der Waals surface area contributed by atoms with E-state index >= 15 is 0 Å². The molecule has 2 atom stereocenters. The van der Waals surface area contributed by atoms with Crippen LogP contribution >= 0.6 is 0 Å². The predicted octanol–water partition coefficient (Wildman–Crippen LogP) is 2.21. The van der Waals surface area contributed by atoms with Gasteiger partial charge in [0, 0.05) is 6.42 Å². The van der Waals surface area contributed by atoms with E-state index in [9.17, 15) is 4.79 Å². The van der Waals surface area contributed by atoms with Gasteiger partial charge in [0.25, 0.3) is 0 Å². The Bertz CT molecular complexity index is 884. The number of hydrogen-bond acceptors (Lipinski definition) is 5. The molecule has 0 bridgehead atoms. The van der Waals surface area contributed by atoms with Crippen molar-refractivity contribution in [3.63, 3.8) is 0 Å². The number of rotatable bonds is 6. The van der Waals surface area contributed by atoms with Crippen molar-refractivity contribution in [3.05, 3.63) is 77.6 Å². The second kappa shape index (κ2) is 8.03. The molecule has 0 aliphatic rings. The molecule has 0 spiro atoms. The zero-order valence-corrected chi connectivity index (χ0v) is 14.3. The summed E-state index contributed by atoms with van der Waals surface area (Å²) in [6.45, 7) is 1.90. The normalized spacial score (nSPS) is 12.8. The monoisotopic (exact) mass is 346 g/mol. The highest BCUT2D eigenvalue weighted by molar-refractivity contribution is 5.80. The van der Waals surface area contributed by atoms with Crippen LogP contribution in [0.25, 0.3) is 0 Å². The number of nitrogens with zero attached hydrogens (tertiary/aromatic N) is 5. The van der Waals surface area contributed by atoms with Crippen molar-refractivity contribution in [2.75, 3.05) is 0 Å². The predicted molar refractivity (Wildman–Crippen MR) is 94.7 cm³/mol. The lowest BCUT2D eigenvalue weighted by molar-refractivity contribution is -0.125. The van der Waals surface area contributed by atoms with Crippen molar-refractivity contribution >= 4 is 5.91 Å². The molecule has 0 aliphatic heterocycles. The molecule has 130 valence electrons. The molecule has 1 aromatic heterocycles. The summed E-state index contributed by atoms with van der Waals surface area (Å²) in [4.78, 5) is 12.9. The molecule has 1 heterocycles. The van der Waals surface area contributed by atoms with E-state index in [1.807, 2.05) is 49.4 Å². The van der Waals surface area contributed by atoms with Crippen LogP contribution in [-0.2, 0) is 11.2 Å². The molecule has 3 aromatic rings. The summed E-state index contributed by atoms with van der Waals surface area (Å²) in [5.41, 5.74) is 2.53. The minimum atomic E-state index is -0.548. The molecule has 0 radical (unpaired) electrons. The van der Waals surface area contributed by atoms with Gasteiger partial charge < -0.3 is 5.32 Å². The van der Waals surface area contributed by atoms with Crippen molar-refractivity contribution in [3.8, 4) is 6.07 Å². The molecule has 0 fully saturated rings. The Morgan fingerprint density at radius 2 is 1.92 bits per heavy atom. The second-order valence-corrected chi connectivity index (χ2v) is 5.96. The molecule has 1 N–H and O–H groups in total. The van der Waals surface area contributed by atoms with Gasteiger partial charge in [0.1, 0.15) is 12.4 Å². The van der Waals surface area contributed by atoms with Crippen LogP contribution in [0, 0.1) is 11.3 Å². The average Bonchev–Trinajstić information content (AvgIpc) is 3.21. The van der Waals surface area contributed by atoms with Gasteiger partial charge in [-0.05, 0) is 40.6 Å². The van der Waals surface area contributed by atoms with Crippen molar-refractivity contribution in [1.82, 2.24) is 25.5 Å². The van der Waals surface area contributed by atoms with E-state index in [0.29, 0.717) is 12.0 Å². The first kappa shape index (κ1) is 17.3. The van der Waals surface area contributed by atoms with E-state index < -0.39 is 6.04 Å². The van der Waals surface area contributed by atoms with Gasteiger partial charge in [0.05, 0.1) is 17.7 Å². The summed E-state index contributed by atoms with van der Waals surface area (Å²) in [5, 5.41) is 23.1. The molecular formula is C19H18N6O. The number of amides is 1. The van der Waals surface area contributed by atoms with Crippen LogP contribution in [0.4, 0.5) is 0 Å². The van der Waals surface area contributed by atoms with Crippen LogP contribution in [0.15, 0.2) is 60.9 Å². The maximum Gasteiger partial charge on any atom is 0.245 e. The first-order valence-corrected chi connectivity index (χ1v) is 8.24. The molecule has 1 amide bonds. The third kappa shape index (κ3) is 4.11. The Kier molecular flexibility index (Phi) is 5.34. The van der Waals surface area contributed by atoms with Crippen LogP contribution in [0.1, 0.15) is 35.7 Å². The number of carbonyl (C=O) groups is 1. The van der Waals surface area contributed by atoms with Crippen molar-refractivity contribution < 1.29 is 4.79 Å². The topological polar surface area (TPSA) is 96.5 Å². The Morgan fingerprint density at radius 1 is 1.19 bits per heavy atom. The molecule has 7 nitrogen and oxygen atoms in total. The maximum absolute atomic E-state index is 12.9. The van der Waals surface area contributed by atoms with Crippen LogP contribution in [0.3, 0.4) is 0 Å². The molecule has 0 aliphatic carbocycles. The Hall–Kier alpha value is -3.53. The fourth-order valence-electron chi connectivity index (χ4n) is 2.69. The maximum atomic E-state index is 12.9. The van der Waals surface area contributed by atoms with Gasteiger partial charge in [0.2, 0.25) is 5.91 Å². The molecule has 26 heavy (non-hydrogen) atoms. The average molecular weight is 346 g/mol. The molecule has 2 aromatic carbocycles. The molecular weight excluding hydrogens is 328 g/mol. The highest BCUT2D eigenvalue weighted by Gasteiger charge is 2.24. The zero-order valence-electron chi connectivity index (χ0n) is 14.3. The van der Waals surface area contributed by atoms with E-state index in [1.54, 1.807) is 12.1 Å². The third-order valence-corrected chi connectivity index (χ3v) is 4.16. The number of benzene rings is 2. The minimum Gasteiger partial charge on any atom is -0.348 e. The van der Waals surface area contributed by atoms with Gasteiger partial charge in [-0.1, -0.05) is 42.5 Å². The fourth-order valence-corrected chi connectivity index (χ4v) is 2.69. The third-order valence-electron chi connectivity index (χ3n) is 4.16.